The number of hydrogen-bond donors (Lipinski definition) is 1. The van der Waals surface area contributed by atoms with Crippen LogP contribution >= 0.6 is 11.6 Å². The smallest absolute Gasteiger partial charge is 0.235 e. The molecule has 0 bridgehead atoms. The van der Waals surface area contributed by atoms with E-state index in [0.717, 1.165) is 16.7 Å². The quantitative estimate of drug-likeness (QED) is 0.739. The standard InChI is InChI=1S/C18H19ClFNO.C2H6/c1-18(2,21-17(22)12-19)11-13-4-3-5-15(10-13)14-6-8-16(20)9-7-14;1-2/h3-10H,11-12H2,1-2H3,(H,21,22);1-2H3. The van der Waals surface area contributed by atoms with Crippen LogP contribution in [-0.4, -0.2) is 17.3 Å². The predicted molar refractivity (Wildman–Crippen MR) is 99.8 cm³/mol. The first-order chi connectivity index (χ1) is 11.4. The summed E-state index contributed by atoms with van der Waals surface area (Å²) in [7, 11) is 0. The fraction of sp³-hybridized carbons (Fsp3) is 0.350. The summed E-state index contributed by atoms with van der Waals surface area (Å²) in [6.07, 6.45) is 0.685. The molecule has 0 fully saturated rings. The maximum absolute atomic E-state index is 13.0. The monoisotopic (exact) mass is 349 g/mol. The molecule has 0 spiro atoms. The Morgan fingerprint density at radius 1 is 1.08 bits per heavy atom. The van der Waals surface area contributed by atoms with Gasteiger partial charge in [0.05, 0.1) is 0 Å². The van der Waals surface area contributed by atoms with E-state index in [1.807, 2.05) is 45.9 Å². The number of rotatable bonds is 5. The zero-order chi connectivity index (χ0) is 18.2. The van der Waals surface area contributed by atoms with Crippen LogP contribution in [0, 0.1) is 5.82 Å². The minimum absolute atomic E-state index is 0.0426. The maximum Gasteiger partial charge on any atom is 0.235 e. The molecule has 0 heterocycles. The lowest BCUT2D eigenvalue weighted by Crippen LogP contribution is -2.45. The van der Waals surface area contributed by atoms with Gasteiger partial charge in [0.1, 0.15) is 11.7 Å². The summed E-state index contributed by atoms with van der Waals surface area (Å²) < 4.78 is 13.0. The summed E-state index contributed by atoms with van der Waals surface area (Å²) in [5, 5.41) is 2.90. The van der Waals surface area contributed by atoms with Crippen molar-refractivity contribution in [3.05, 3.63) is 59.9 Å². The number of carbonyl (C=O) groups is 1. The summed E-state index contributed by atoms with van der Waals surface area (Å²) in [6.45, 7) is 7.92. The second kappa shape index (κ2) is 9.43. The predicted octanol–water partition coefficient (Wildman–Crippen LogP) is 5.20. The highest BCUT2D eigenvalue weighted by atomic mass is 35.5. The molecule has 4 heteroatoms. The van der Waals surface area contributed by atoms with Gasteiger partial charge >= 0.3 is 0 Å². The van der Waals surface area contributed by atoms with Crippen molar-refractivity contribution < 1.29 is 9.18 Å². The molecule has 1 amide bonds. The van der Waals surface area contributed by atoms with Gasteiger partial charge in [-0.15, -0.1) is 11.6 Å². The number of halogens is 2. The zero-order valence-electron chi connectivity index (χ0n) is 14.7. The number of amides is 1. The van der Waals surface area contributed by atoms with E-state index in [9.17, 15) is 9.18 Å². The molecule has 0 aromatic heterocycles. The average Bonchev–Trinajstić information content (AvgIpc) is 2.56. The topological polar surface area (TPSA) is 29.1 Å². The molecule has 2 nitrogen and oxygen atoms in total. The van der Waals surface area contributed by atoms with Gasteiger partial charge in [-0.25, -0.2) is 4.39 Å². The normalized spacial score (nSPS) is 10.6. The van der Waals surface area contributed by atoms with Crippen LogP contribution in [0.3, 0.4) is 0 Å². The molecular weight excluding hydrogens is 325 g/mol. The fourth-order valence-electron chi connectivity index (χ4n) is 2.47. The van der Waals surface area contributed by atoms with Crippen LogP contribution in [0.5, 0.6) is 0 Å². The van der Waals surface area contributed by atoms with Crippen molar-refractivity contribution in [2.75, 3.05) is 5.88 Å². The lowest BCUT2D eigenvalue weighted by atomic mass is 9.92. The molecule has 0 aliphatic rings. The number of hydrogen-bond acceptors (Lipinski definition) is 1. The lowest BCUT2D eigenvalue weighted by molar-refractivity contribution is -0.120. The molecule has 0 radical (unpaired) electrons. The number of nitrogens with one attached hydrogen (secondary N) is 1. The Labute approximate surface area is 149 Å². The summed E-state index contributed by atoms with van der Waals surface area (Å²) >= 11 is 5.54. The Bertz CT molecular complexity index is 653. The van der Waals surface area contributed by atoms with E-state index >= 15 is 0 Å². The molecule has 2 aromatic rings. The molecule has 2 aromatic carbocycles. The zero-order valence-corrected chi connectivity index (χ0v) is 15.5. The summed E-state index contributed by atoms with van der Waals surface area (Å²) in [5.41, 5.74) is 2.71. The van der Waals surface area contributed by atoms with Crippen LogP contribution in [0.2, 0.25) is 0 Å². The van der Waals surface area contributed by atoms with Crippen molar-refractivity contribution in [1.82, 2.24) is 5.32 Å². The fourth-order valence-corrected chi connectivity index (χ4v) is 2.54. The van der Waals surface area contributed by atoms with Crippen molar-refractivity contribution in [1.29, 1.82) is 0 Å². The Hall–Kier alpha value is -1.87. The van der Waals surface area contributed by atoms with Crippen LogP contribution in [0.25, 0.3) is 11.1 Å². The van der Waals surface area contributed by atoms with Gasteiger partial charge < -0.3 is 5.32 Å². The van der Waals surface area contributed by atoms with Crippen molar-refractivity contribution in [3.63, 3.8) is 0 Å². The molecule has 0 unspecified atom stereocenters. The third-order valence-corrected chi connectivity index (χ3v) is 3.59. The first-order valence-corrected chi connectivity index (χ1v) is 8.65. The van der Waals surface area contributed by atoms with E-state index in [1.54, 1.807) is 12.1 Å². The number of carbonyl (C=O) groups excluding carboxylic acids is 1. The maximum atomic E-state index is 13.0. The van der Waals surface area contributed by atoms with E-state index < -0.39 is 0 Å². The molecule has 130 valence electrons. The summed E-state index contributed by atoms with van der Waals surface area (Å²) in [4.78, 5) is 11.5. The van der Waals surface area contributed by atoms with E-state index in [2.05, 4.69) is 11.4 Å². The molecule has 2 rings (SSSR count). The second-order valence-corrected chi connectivity index (χ2v) is 6.22. The Kier molecular flexibility index (Phi) is 7.93. The van der Waals surface area contributed by atoms with Crippen molar-refractivity contribution in [2.45, 2.75) is 39.7 Å². The molecule has 24 heavy (non-hydrogen) atoms. The van der Waals surface area contributed by atoms with Gasteiger partial charge in [-0.2, -0.15) is 0 Å². The summed E-state index contributed by atoms with van der Waals surface area (Å²) in [5.74, 6) is -0.467. The van der Waals surface area contributed by atoms with Crippen LogP contribution < -0.4 is 5.32 Å². The van der Waals surface area contributed by atoms with Gasteiger partial charge in [-0.3, -0.25) is 4.79 Å². The molecule has 0 saturated heterocycles. The van der Waals surface area contributed by atoms with Gasteiger partial charge in [-0.1, -0.05) is 50.2 Å². The van der Waals surface area contributed by atoms with Crippen LogP contribution in [0.1, 0.15) is 33.3 Å². The third kappa shape index (κ3) is 6.32. The Balaban J connectivity index is 0.00000139. The van der Waals surface area contributed by atoms with Crippen molar-refractivity contribution in [2.24, 2.45) is 0 Å². The lowest BCUT2D eigenvalue weighted by Gasteiger charge is -2.26. The summed E-state index contributed by atoms with van der Waals surface area (Å²) in [6, 6.07) is 14.4. The number of alkyl halides is 1. The van der Waals surface area contributed by atoms with E-state index in [1.165, 1.54) is 12.1 Å². The highest BCUT2D eigenvalue weighted by Gasteiger charge is 2.20. The van der Waals surface area contributed by atoms with Crippen molar-refractivity contribution in [3.8, 4) is 11.1 Å². The van der Waals surface area contributed by atoms with E-state index in [4.69, 9.17) is 11.6 Å². The highest BCUT2D eigenvalue weighted by Crippen LogP contribution is 2.23. The van der Waals surface area contributed by atoms with Crippen LogP contribution in [0.15, 0.2) is 48.5 Å². The van der Waals surface area contributed by atoms with Gasteiger partial charge in [-0.05, 0) is 49.1 Å². The second-order valence-electron chi connectivity index (χ2n) is 5.95. The van der Waals surface area contributed by atoms with E-state index in [0.29, 0.717) is 6.42 Å². The third-order valence-electron chi connectivity index (χ3n) is 3.35. The molecule has 0 aliphatic carbocycles. The first-order valence-electron chi connectivity index (χ1n) is 8.11. The van der Waals surface area contributed by atoms with Crippen LogP contribution in [0.4, 0.5) is 4.39 Å². The first kappa shape index (κ1) is 20.2. The Morgan fingerprint density at radius 3 is 2.29 bits per heavy atom. The minimum atomic E-state index is -0.382. The molecular formula is C20H25ClFNO. The van der Waals surface area contributed by atoms with Gasteiger partial charge in [0.25, 0.3) is 0 Å². The SMILES string of the molecule is CC.CC(C)(Cc1cccc(-c2ccc(F)cc2)c1)NC(=O)CCl. The van der Waals surface area contributed by atoms with Crippen LogP contribution in [-0.2, 0) is 11.2 Å². The average molecular weight is 350 g/mol. The Morgan fingerprint density at radius 2 is 1.71 bits per heavy atom. The molecule has 0 atom stereocenters. The van der Waals surface area contributed by atoms with Gasteiger partial charge in [0, 0.05) is 5.54 Å². The molecule has 1 N–H and O–H groups in total. The number of benzene rings is 2. The largest absolute Gasteiger partial charge is 0.350 e. The molecule has 0 saturated carbocycles. The van der Waals surface area contributed by atoms with Gasteiger partial charge in [0.2, 0.25) is 5.91 Å². The van der Waals surface area contributed by atoms with E-state index in [-0.39, 0.29) is 23.1 Å². The minimum Gasteiger partial charge on any atom is -0.350 e. The van der Waals surface area contributed by atoms with Crippen molar-refractivity contribution >= 4 is 17.5 Å². The van der Waals surface area contributed by atoms with Gasteiger partial charge in [0.15, 0.2) is 0 Å². The molecule has 0 aliphatic heterocycles. The highest BCUT2D eigenvalue weighted by molar-refractivity contribution is 6.27.